The Labute approximate surface area is 120 Å². The van der Waals surface area contributed by atoms with Gasteiger partial charge in [-0.05, 0) is 47.6 Å². The van der Waals surface area contributed by atoms with Gasteiger partial charge in [-0.25, -0.2) is 0 Å². The number of hydrogen-bond donors (Lipinski definition) is 1. The molecule has 0 radical (unpaired) electrons. The van der Waals surface area contributed by atoms with Gasteiger partial charge in [-0.1, -0.05) is 36.4 Å². The summed E-state index contributed by atoms with van der Waals surface area (Å²) < 4.78 is 5.16. The van der Waals surface area contributed by atoms with Crippen LogP contribution in [-0.4, -0.2) is 7.11 Å². The van der Waals surface area contributed by atoms with Crippen molar-refractivity contribution in [1.82, 2.24) is 5.32 Å². The summed E-state index contributed by atoms with van der Waals surface area (Å²) in [4.78, 5) is 0. The van der Waals surface area contributed by atoms with Crippen LogP contribution in [0.15, 0.2) is 48.5 Å². The van der Waals surface area contributed by atoms with Crippen molar-refractivity contribution in [3.8, 4) is 5.75 Å². The quantitative estimate of drug-likeness (QED) is 0.858. The number of benzene rings is 2. The van der Waals surface area contributed by atoms with Crippen LogP contribution < -0.4 is 10.1 Å². The highest BCUT2D eigenvalue weighted by atomic mass is 16.5. The van der Waals surface area contributed by atoms with E-state index in [2.05, 4.69) is 41.7 Å². The fourth-order valence-electron chi connectivity index (χ4n) is 2.47. The summed E-state index contributed by atoms with van der Waals surface area (Å²) in [7, 11) is 1.69. The van der Waals surface area contributed by atoms with Gasteiger partial charge in [0, 0.05) is 13.1 Å². The Morgan fingerprint density at radius 1 is 1.00 bits per heavy atom. The van der Waals surface area contributed by atoms with Crippen molar-refractivity contribution in [2.75, 3.05) is 7.11 Å². The molecule has 1 aliphatic carbocycles. The van der Waals surface area contributed by atoms with Crippen LogP contribution in [0.2, 0.25) is 0 Å². The van der Waals surface area contributed by atoms with Crippen molar-refractivity contribution in [2.24, 2.45) is 0 Å². The number of nitrogens with one attached hydrogen (secondary N) is 1. The van der Waals surface area contributed by atoms with Crippen molar-refractivity contribution in [3.05, 3.63) is 65.2 Å². The van der Waals surface area contributed by atoms with Crippen molar-refractivity contribution in [1.29, 1.82) is 0 Å². The lowest BCUT2D eigenvalue weighted by Gasteiger charge is -2.07. The topological polar surface area (TPSA) is 21.3 Å². The summed E-state index contributed by atoms with van der Waals surface area (Å²) in [6.45, 7) is 1.81. The molecule has 20 heavy (non-hydrogen) atoms. The van der Waals surface area contributed by atoms with Crippen LogP contribution in [0.4, 0.5) is 0 Å². The van der Waals surface area contributed by atoms with Gasteiger partial charge in [-0.3, -0.25) is 0 Å². The van der Waals surface area contributed by atoms with Gasteiger partial charge in [0.2, 0.25) is 0 Å². The third-order valence-corrected chi connectivity index (χ3v) is 3.82. The molecule has 1 aliphatic rings. The number of methoxy groups -OCH3 is 1. The molecule has 0 aliphatic heterocycles. The Hall–Kier alpha value is -1.80. The Bertz CT molecular complexity index is 558. The molecule has 2 aromatic carbocycles. The first-order valence-electron chi connectivity index (χ1n) is 7.27. The van der Waals surface area contributed by atoms with Gasteiger partial charge >= 0.3 is 0 Å². The second kappa shape index (κ2) is 6.10. The Balaban J connectivity index is 1.52. The van der Waals surface area contributed by atoms with Crippen LogP contribution in [0.3, 0.4) is 0 Å². The van der Waals surface area contributed by atoms with Crippen LogP contribution in [0.1, 0.15) is 35.4 Å². The molecule has 0 bridgehead atoms. The largest absolute Gasteiger partial charge is 0.497 e. The third kappa shape index (κ3) is 3.40. The van der Waals surface area contributed by atoms with Crippen molar-refractivity contribution in [2.45, 2.75) is 31.8 Å². The molecule has 0 spiro atoms. The fourth-order valence-corrected chi connectivity index (χ4v) is 2.47. The van der Waals surface area contributed by atoms with E-state index in [1.165, 1.54) is 29.5 Å². The highest BCUT2D eigenvalue weighted by Crippen LogP contribution is 2.40. The molecule has 0 heterocycles. The second-order valence-electron chi connectivity index (χ2n) is 5.47. The number of hydrogen-bond acceptors (Lipinski definition) is 2. The van der Waals surface area contributed by atoms with Crippen LogP contribution in [0.25, 0.3) is 0 Å². The molecule has 1 N–H and O–H groups in total. The molecule has 0 saturated heterocycles. The summed E-state index contributed by atoms with van der Waals surface area (Å²) in [5.41, 5.74) is 4.17. The SMILES string of the molecule is COc1ccc(CNCc2cccc(C3CC3)c2)cc1. The predicted octanol–water partition coefficient (Wildman–Crippen LogP) is 3.86. The summed E-state index contributed by atoms with van der Waals surface area (Å²) in [5, 5.41) is 3.50. The zero-order chi connectivity index (χ0) is 13.8. The van der Waals surface area contributed by atoms with Gasteiger partial charge in [0.25, 0.3) is 0 Å². The molecule has 0 aromatic heterocycles. The van der Waals surface area contributed by atoms with Crippen molar-refractivity contribution < 1.29 is 4.74 Å². The second-order valence-corrected chi connectivity index (χ2v) is 5.47. The lowest BCUT2D eigenvalue weighted by molar-refractivity contribution is 0.414. The minimum Gasteiger partial charge on any atom is -0.497 e. The zero-order valence-electron chi connectivity index (χ0n) is 11.9. The molecule has 1 saturated carbocycles. The molecule has 104 valence electrons. The maximum atomic E-state index is 5.16. The molecule has 2 nitrogen and oxygen atoms in total. The normalized spacial score (nSPS) is 14.2. The van der Waals surface area contributed by atoms with Crippen LogP contribution in [0, 0.1) is 0 Å². The Morgan fingerprint density at radius 2 is 1.75 bits per heavy atom. The van der Waals surface area contributed by atoms with E-state index < -0.39 is 0 Å². The van der Waals surface area contributed by atoms with Gasteiger partial charge in [-0.2, -0.15) is 0 Å². The van der Waals surface area contributed by atoms with Gasteiger partial charge in [0.15, 0.2) is 0 Å². The van der Waals surface area contributed by atoms with Gasteiger partial charge in [0.1, 0.15) is 5.75 Å². The van der Waals surface area contributed by atoms with Crippen molar-refractivity contribution in [3.63, 3.8) is 0 Å². The molecular formula is C18H21NO. The van der Waals surface area contributed by atoms with Crippen LogP contribution in [-0.2, 0) is 13.1 Å². The first kappa shape index (κ1) is 13.2. The standard InChI is InChI=1S/C18H21NO/c1-20-18-9-5-14(6-10-18)12-19-13-15-3-2-4-17(11-15)16-7-8-16/h2-6,9-11,16,19H,7-8,12-13H2,1H3. The van der Waals surface area contributed by atoms with E-state index in [1.807, 2.05) is 12.1 Å². The van der Waals surface area contributed by atoms with E-state index in [0.717, 1.165) is 24.8 Å². The van der Waals surface area contributed by atoms with Gasteiger partial charge in [-0.15, -0.1) is 0 Å². The number of rotatable bonds is 6. The molecule has 0 atom stereocenters. The predicted molar refractivity (Wildman–Crippen MR) is 82.0 cm³/mol. The Kier molecular flexibility index (Phi) is 4.03. The lowest BCUT2D eigenvalue weighted by Crippen LogP contribution is -2.12. The molecule has 0 unspecified atom stereocenters. The first-order valence-corrected chi connectivity index (χ1v) is 7.27. The molecule has 0 amide bonds. The van der Waals surface area contributed by atoms with E-state index in [9.17, 15) is 0 Å². The van der Waals surface area contributed by atoms with Crippen molar-refractivity contribution >= 4 is 0 Å². The van der Waals surface area contributed by atoms with E-state index in [0.29, 0.717) is 0 Å². The van der Waals surface area contributed by atoms with E-state index in [1.54, 1.807) is 7.11 Å². The average Bonchev–Trinajstić information content (AvgIpc) is 3.33. The first-order chi connectivity index (χ1) is 9.85. The summed E-state index contributed by atoms with van der Waals surface area (Å²) in [5.74, 6) is 1.74. The maximum absolute atomic E-state index is 5.16. The molecule has 3 rings (SSSR count). The molecule has 2 heteroatoms. The van der Waals surface area contributed by atoms with E-state index >= 15 is 0 Å². The molecule has 2 aromatic rings. The van der Waals surface area contributed by atoms with Crippen LogP contribution >= 0.6 is 0 Å². The summed E-state index contributed by atoms with van der Waals surface area (Å²) in [6.07, 6.45) is 2.73. The highest BCUT2D eigenvalue weighted by Gasteiger charge is 2.23. The third-order valence-electron chi connectivity index (χ3n) is 3.82. The molecule has 1 fully saturated rings. The maximum Gasteiger partial charge on any atom is 0.118 e. The Morgan fingerprint density at radius 3 is 2.45 bits per heavy atom. The van der Waals surface area contributed by atoms with Gasteiger partial charge in [0.05, 0.1) is 7.11 Å². The van der Waals surface area contributed by atoms with Crippen LogP contribution in [0.5, 0.6) is 5.75 Å². The summed E-state index contributed by atoms with van der Waals surface area (Å²) in [6, 6.07) is 17.2. The van der Waals surface area contributed by atoms with E-state index in [4.69, 9.17) is 4.74 Å². The average molecular weight is 267 g/mol. The highest BCUT2D eigenvalue weighted by molar-refractivity contribution is 5.29. The lowest BCUT2D eigenvalue weighted by atomic mass is 10.1. The fraction of sp³-hybridized carbons (Fsp3) is 0.333. The minimum atomic E-state index is 0.830. The van der Waals surface area contributed by atoms with Gasteiger partial charge < -0.3 is 10.1 Å². The number of ether oxygens (including phenoxy) is 1. The monoisotopic (exact) mass is 267 g/mol. The molecular weight excluding hydrogens is 246 g/mol. The summed E-state index contributed by atoms with van der Waals surface area (Å²) >= 11 is 0. The zero-order valence-corrected chi connectivity index (χ0v) is 11.9. The van der Waals surface area contributed by atoms with E-state index in [-0.39, 0.29) is 0 Å². The smallest absolute Gasteiger partial charge is 0.118 e. The minimum absolute atomic E-state index is 0.830.